The van der Waals surface area contributed by atoms with Gasteiger partial charge < -0.3 is 9.97 Å². The molecule has 0 aliphatic rings. The second-order valence-corrected chi connectivity index (χ2v) is 7.35. The smallest absolute Gasteiger partial charge is 0.306 e. The quantitative estimate of drug-likeness (QED) is 0.529. The van der Waals surface area contributed by atoms with Crippen LogP contribution in [0, 0.1) is 0 Å². The van der Waals surface area contributed by atoms with E-state index in [0.29, 0.717) is 39.9 Å². The maximum Gasteiger partial charge on any atom is 0.323 e. The van der Waals surface area contributed by atoms with E-state index in [9.17, 15) is 13.2 Å². The van der Waals surface area contributed by atoms with Crippen molar-refractivity contribution in [1.29, 1.82) is 0 Å². The third-order valence-electron chi connectivity index (χ3n) is 2.67. The maximum absolute atomic E-state index is 11.9. The molecule has 1 aromatic heterocycles. The Bertz CT molecular complexity index is 769. The standard InChI is InChI=1S/C11H13BrClN3O3S/c12-7-5-9-10(15-11(17)14-9)6-8(7)16-20(18,19)4-2-1-3-13/h5-6,16H,1-4H2,(H2,14,15,17). The number of aromatic nitrogens is 2. The zero-order valence-corrected chi connectivity index (χ0v) is 13.5. The number of hydrogen-bond donors (Lipinski definition) is 3. The average molecular weight is 383 g/mol. The minimum absolute atomic E-state index is 0.00779. The van der Waals surface area contributed by atoms with Crippen molar-refractivity contribution >= 4 is 54.3 Å². The summed E-state index contributed by atoms with van der Waals surface area (Å²) in [4.78, 5) is 16.4. The monoisotopic (exact) mass is 381 g/mol. The van der Waals surface area contributed by atoms with Gasteiger partial charge in [-0.05, 0) is 40.9 Å². The molecular weight excluding hydrogens is 370 g/mol. The number of aromatic amines is 2. The average Bonchev–Trinajstić information content (AvgIpc) is 2.68. The number of H-pyrrole nitrogens is 2. The Labute approximate surface area is 129 Å². The Kier molecular flexibility index (Phi) is 4.77. The van der Waals surface area contributed by atoms with Gasteiger partial charge in [0.05, 0.1) is 22.5 Å². The topological polar surface area (TPSA) is 94.8 Å². The van der Waals surface area contributed by atoms with E-state index >= 15 is 0 Å². The van der Waals surface area contributed by atoms with Gasteiger partial charge in [-0.1, -0.05) is 0 Å². The van der Waals surface area contributed by atoms with E-state index in [2.05, 4.69) is 30.6 Å². The molecule has 3 N–H and O–H groups in total. The van der Waals surface area contributed by atoms with Crippen LogP contribution in [0.15, 0.2) is 21.4 Å². The lowest BCUT2D eigenvalue weighted by Gasteiger charge is -2.09. The SMILES string of the molecule is O=c1[nH]c2cc(Br)c(NS(=O)(=O)CCCCCl)cc2[nH]1. The van der Waals surface area contributed by atoms with Crippen molar-refractivity contribution in [2.75, 3.05) is 16.4 Å². The van der Waals surface area contributed by atoms with Crippen LogP contribution in [0.1, 0.15) is 12.8 Å². The van der Waals surface area contributed by atoms with E-state index in [-0.39, 0.29) is 11.4 Å². The van der Waals surface area contributed by atoms with Crippen molar-refractivity contribution in [3.63, 3.8) is 0 Å². The summed E-state index contributed by atoms with van der Waals surface area (Å²) in [5.74, 6) is 0.448. The predicted molar refractivity (Wildman–Crippen MR) is 84.0 cm³/mol. The minimum atomic E-state index is -3.43. The fraction of sp³-hybridized carbons (Fsp3) is 0.364. The minimum Gasteiger partial charge on any atom is -0.306 e. The maximum atomic E-state index is 11.9. The van der Waals surface area contributed by atoms with Gasteiger partial charge in [0.2, 0.25) is 10.0 Å². The van der Waals surface area contributed by atoms with Gasteiger partial charge >= 0.3 is 5.69 Å². The molecule has 1 heterocycles. The lowest BCUT2D eigenvalue weighted by atomic mass is 10.3. The van der Waals surface area contributed by atoms with Gasteiger partial charge in [0, 0.05) is 10.4 Å². The second-order valence-electron chi connectivity index (χ2n) is 4.27. The van der Waals surface area contributed by atoms with Gasteiger partial charge in [0.15, 0.2) is 0 Å². The first kappa shape index (κ1) is 15.4. The van der Waals surface area contributed by atoms with Crippen LogP contribution in [0.3, 0.4) is 0 Å². The van der Waals surface area contributed by atoms with Crippen molar-refractivity contribution in [2.45, 2.75) is 12.8 Å². The number of hydrogen-bond acceptors (Lipinski definition) is 3. The van der Waals surface area contributed by atoms with Gasteiger partial charge in [0.25, 0.3) is 0 Å². The Morgan fingerprint density at radius 2 is 1.85 bits per heavy atom. The van der Waals surface area contributed by atoms with Crippen LogP contribution < -0.4 is 10.4 Å². The van der Waals surface area contributed by atoms with E-state index in [0.717, 1.165) is 0 Å². The van der Waals surface area contributed by atoms with Gasteiger partial charge in [0.1, 0.15) is 0 Å². The molecule has 0 saturated carbocycles. The van der Waals surface area contributed by atoms with Gasteiger partial charge in [-0.3, -0.25) is 4.72 Å². The highest BCUT2D eigenvalue weighted by Gasteiger charge is 2.13. The van der Waals surface area contributed by atoms with E-state index in [1.54, 1.807) is 12.1 Å². The third kappa shape index (κ3) is 3.77. The number of sulfonamides is 1. The second kappa shape index (κ2) is 6.19. The van der Waals surface area contributed by atoms with Crippen LogP contribution in [0.2, 0.25) is 0 Å². The molecule has 0 amide bonds. The van der Waals surface area contributed by atoms with Crippen LogP contribution >= 0.6 is 27.5 Å². The van der Waals surface area contributed by atoms with Crippen LogP contribution in [0.5, 0.6) is 0 Å². The van der Waals surface area contributed by atoms with Crippen molar-refractivity contribution in [1.82, 2.24) is 9.97 Å². The van der Waals surface area contributed by atoms with Gasteiger partial charge in [-0.2, -0.15) is 0 Å². The number of halogens is 2. The summed E-state index contributed by atoms with van der Waals surface area (Å²) in [7, 11) is -3.43. The van der Waals surface area contributed by atoms with E-state index in [1.165, 1.54) is 0 Å². The molecule has 0 atom stereocenters. The number of rotatable bonds is 6. The summed E-state index contributed by atoms with van der Waals surface area (Å²) in [6.07, 6.45) is 1.15. The summed E-state index contributed by atoms with van der Waals surface area (Å²) < 4.78 is 26.9. The molecule has 1 aromatic carbocycles. The molecule has 0 aliphatic heterocycles. The first-order chi connectivity index (χ1) is 9.41. The molecule has 2 aromatic rings. The van der Waals surface area contributed by atoms with Crippen LogP contribution in [0.4, 0.5) is 5.69 Å². The zero-order valence-electron chi connectivity index (χ0n) is 10.4. The molecule has 0 bridgehead atoms. The molecule has 0 aliphatic carbocycles. The van der Waals surface area contributed by atoms with Crippen molar-refractivity contribution in [3.8, 4) is 0 Å². The lowest BCUT2D eigenvalue weighted by Crippen LogP contribution is -2.17. The molecule has 2 rings (SSSR count). The Balaban J connectivity index is 2.24. The molecule has 20 heavy (non-hydrogen) atoms. The number of fused-ring (bicyclic) bond motifs is 1. The highest BCUT2D eigenvalue weighted by atomic mass is 79.9. The summed E-state index contributed by atoms with van der Waals surface area (Å²) in [6.45, 7) is 0. The lowest BCUT2D eigenvalue weighted by molar-refractivity contribution is 0.598. The molecule has 0 radical (unpaired) electrons. The fourth-order valence-corrected chi connectivity index (χ4v) is 3.69. The number of alkyl halides is 1. The van der Waals surface area contributed by atoms with Gasteiger partial charge in [-0.15, -0.1) is 11.6 Å². The van der Waals surface area contributed by atoms with Crippen LogP contribution in [0.25, 0.3) is 11.0 Å². The number of unbranched alkanes of at least 4 members (excludes halogenated alkanes) is 1. The molecule has 0 spiro atoms. The Hall–Kier alpha value is -0.990. The first-order valence-electron chi connectivity index (χ1n) is 5.89. The number of imidazole rings is 1. The molecule has 6 nitrogen and oxygen atoms in total. The van der Waals surface area contributed by atoms with Crippen LogP contribution in [-0.4, -0.2) is 30.0 Å². The Morgan fingerprint density at radius 1 is 1.20 bits per heavy atom. The summed E-state index contributed by atoms with van der Waals surface area (Å²) in [5, 5.41) is 0. The van der Waals surface area contributed by atoms with E-state index in [4.69, 9.17) is 11.6 Å². The van der Waals surface area contributed by atoms with Crippen LogP contribution in [-0.2, 0) is 10.0 Å². The van der Waals surface area contributed by atoms with Crippen molar-refractivity contribution in [2.24, 2.45) is 0 Å². The van der Waals surface area contributed by atoms with Crippen molar-refractivity contribution in [3.05, 3.63) is 27.1 Å². The number of nitrogens with one attached hydrogen (secondary N) is 3. The molecule has 110 valence electrons. The number of benzene rings is 1. The van der Waals surface area contributed by atoms with Gasteiger partial charge in [-0.25, -0.2) is 13.2 Å². The fourth-order valence-electron chi connectivity index (χ4n) is 1.74. The molecule has 9 heteroatoms. The zero-order chi connectivity index (χ0) is 14.8. The summed E-state index contributed by atoms with van der Waals surface area (Å²) >= 11 is 8.80. The van der Waals surface area contributed by atoms with Crippen molar-refractivity contribution < 1.29 is 8.42 Å². The largest absolute Gasteiger partial charge is 0.323 e. The first-order valence-corrected chi connectivity index (χ1v) is 8.87. The Morgan fingerprint density at radius 3 is 2.50 bits per heavy atom. The predicted octanol–water partition coefficient (Wildman–Crippen LogP) is 2.38. The normalized spacial score (nSPS) is 11.9. The summed E-state index contributed by atoms with van der Waals surface area (Å²) in [6, 6.07) is 3.21. The molecule has 0 saturated heterocycles. The number of anilines is 1. The highest BCUT2D eigenvalue weighted by molar-refractivity contribution is 9.10. The third-order valence-corrected chi connectivity index (χ3v) is 4.95. The molecular formula is C11H13BrClN3O3S. The van der Waals surface area contributed by atoms with E-state index in [1.807, 2.05) is 0 Å². The molecule has 0 unspecified atom stereocenters. The highest BCUT2D eigenvalue weighted by Crippen LogP contribution is 2.27. The molecule has 0 fully saturated rings. The summed E-state index contributed by atoms with van der Waals surface area (Å²) in [5.41, 5.74) is 1.19. The van der Waals surface area contributed by atoms with E-state index < -0.39 is 10.0 Å².